The zero-order chi connectivity index (χ0) is 18.1. The summed E-state index contributed by atoms with van der Waals surface area (Å²) in [6.45, 7) is 3.66. The van der Waals surface area contributed by atoms with Crippen LogP contribution < -0.4 is 16.2 Å². The molecule has 0 bridgehead atoms. The van der Waals surface area contributed by atoms with Gasteiger partial charge in [-0.1, -0.05) is 24.3 Å². The predicted molar refractivity (Wildman–Crippen MR) is 109 cm³/mol. The summed E-state index contributed by atoms with van der Waals surface area (Å²) >= 11 is 0. The van der Waals surface area contributed by atoms with E-state index in [1.54, 1.807) is 4.57 Å². The van der Waals surface area contributed by atoms with E-state index in [4.69, 9.17) is 0 Å². The van der Waals surface area contributed by atoms with Gasteiger partial charge in [0.25, 0.3) is 11.5 Å². The highest BCUT2D eigenvalue weighted by Crippen LogP contribution is 2.31. The van der Waals surface area contributed by atoms with Gasteiger partial charge < -0.3 is 15.2 Å². The summed E-state index contributed by atoms with van der Waals surface area (Å²) in [6.07, 6.45) is 5.53. The topological polar surface area (TPSA) is 63.1 Å². The molecule has 0 radical (unpaired) electrons. The zero-order valence-electron chi connectivity index (χ0n) is 15.5. The van der Waals surface area contributed by atoms with E-state index in [2.05, 4.69) is 22.8 Å². The fourth-order valence-electron chi connectivity index (χ4n) is 4.23. The summed E-state index contributed by atoms with van der Waals surface area (Å²) in [4.78, 5) is 26.0. The Hall–Kier alpha value is -2.11. The average Bonchev–Trinajstić information content (AvgIpc) is 3.06. The summed E-state index contributed by atoms with van der Waals surface area (Å²) in [5.41, 5.74) is 3.32. The largest absolute Gasteiger partial charge is 0.345 e. The number of nitrogens with one attached hydrogen (secondary N) is 2. The predicted octanol–water partition coefficient (Wildman–Crippen LogP) is 2.92. The Morgan fingerprint density at radius 2 is 1.89 bits per heavy atom. The van der Waals surface area contributed by atoms with Gasteiger partial charge in [-0.25, -0.2) is 0 Å². The standard InChI is InChI=1S/C21H25N3O2.ClH/c1-14-10-13-24(16-8-11-22-12-9-16)21(26)19(14)20(25)23-18-7-6-15-4-2-3-5-17(15)18;/h2-5,10,13,16,18,22H,6-9,11-12H2,1H3,(H,23,25);1H. The number of aromatic nitrogens is 1. The molecule has 5 nitrogen and oxygen atoms in total. The van der Waals surface area contributed by atoms with Crippen molar-refractivity contribution in [2.75, 3.05) is 13.1 Å². The van der Waals surface area contributed by atoms with Crippen LogP contribution in [0.25, 0.3) is 0 Å². The number of hydrogen-bond donors (Lipinski definition) is 2. The first-order valence-corrected chi connectivity index (χ1v) is 9.46. The van der Waals surface area contributed by atoms with Crippen molar-refractivity contribution in [1.29, 1.82) is 0 Å². The van der Waals surface area contributed by atoms with Crippen molar-refractivity contribution < 1.29 is 4.79 Å². The first-order valence-electron chi connectivity index (χ1n) is 9.46. The lowest BCUT2D eigenvalue weighted by atomic mass is 10.0. The third-order valence-electron chi connectivity index (χ3n) is 5.70. The van der Waals surface area contributed by atoms with Crippen LogP contribution in [0.5, 0.6) is 0 Å². The molecule has 1 aliphatic heterocycles. The molecular weight excluding hydrogens is 362 g/mol. The summed E-state index contributed by atoms with van der Waals surface area (Å²) in [5.74, 6) is -0.252. The minimum atomic E-state index is -0.252. The quantitative estimate of drug-likeness (QED) is 0.851. The van der Waals surface area contributed by atoms with E-state index in [1.165, 1.54) is 11.1 Å². The van der Waals surface area contributed by atoms with Crippen LogP contribution in [0, 0.1) is 6.92 Å². The Morgan fingerprint density at radius 1 is 1.15 bits per heavy atom. The lowest BCUT2D eigenvalue weighted by Gasteiger charge is -2.25. The van der Waals surface area contributed by atoms with Crippen molar-refractivity contribution in [3.8, 4) is 0 Å². The Morgan fingerprint density at radius 3 is 2.67 bits per heavy atom. The number of hydrogen-bond acceptors (Lipinski definition) is 3. The zero-order valence-corrected chi connectivity index (χ0v) is 16.3. The van der Waals surface area contributed by atoms with Crippen LogP contribution in [-0.4, -0.2) is 23.6 Å². The lowest BCUT2D eigenvalue weighted by Crippen LogP contribution is -2.39. The van der Waals surface area contributed by atoms with E-state index in [1.807, 2.05) is 31.3 Å². The van der Waals surface area contributed by atoms with Crippen LogP contribution in [-0.2, 0) is 6.42 Å². The van der Waals surface area contributed by atoms with E-state index in [0.29, 0.717) is 0 Å². The van der Waals surface area contributed by atoms with Gasteiger partial charge in [0.05, 0.1) is 6.04 Å². The monoisotopic (exact) mass is 387 g/mol. The van der Waals surface area contributed by atoms with Crippen molar-refractivity contribution in [1.82, 2.24) is 15.2 Å². The second-order valence-corrected chi connectivity index (χ2v) is 7.33. The fraction of sp³-hybridized carbons (Fsp3) is 0.429. The third-order valence-corrected chi connectivity index (χ3v) is 5.70. The average molecular weight is 388 g/mol. The number of amides is 1. The van der Waals surface area contributed by atoms with Crippen LogP contribution in [0.1, 0.15) is 58.4 Å². The molecule has 1 atom stereocenters. The van der Waals surface area contributed by atoms with Gasteiger partial charge in [-0.05, 0) is 68.5 Å². The number of nitrogens with zero attached hydrogens (tertiary/aromatic N) is 1. The minimum Gasteiger partial charge on any atom is -0.345 e. The van der Waals surface area contributed by atoms with E-state index in [0.717, 1.165) is 44.3 Å². The molecule has 0 spiro atoms. The Kier molecular flexibility index (Phi) is 6.02. The Balaban J connectivity index is 0.00000210. The highest BCUT2D eigenvalue weighted by molar-refractivity contribution is 5.95. The molecule has 2 heterocycles. The molecule has 1 fully saturated rings. The molecule has 1 aliphatic carbocycles. The van der Waals surface area contributed by atoms with Crippen molar-refractivity contribution >= 4 is 18.3 Å². The molecule has 4 rings (SSSR count). The van der Waals surface area contributed by atoms with Gasteiger partial charge in [0.2, 0.25) is 0 Å². The second-order valence-electron chi connectivity index (χ2n) is 7.33. The maximum absolute atomic E-state index is 13.0. The Labute approximate surface area is 165 Å². The number of fused-ring (bicyclic) bond motifs is 1. The second kappa shape index (κ2) is 8.28. The number of carbonyl (C=O) groups is 1. The number of pyridine rings is 1. The number of halogens is 1. The molecule has 27 heavy (non-hydrogen) atoms. The molecule has 1 aromatic heterocycles. The maximum Gasteiger partial charge on any atom is 0.263 e. The van der Waals surface area contributed by atoms with Gasteiger partial charge in [0.1, 0.15) is 5.56 Å². The summed E-state index contributed by atoms with van der Waals surface area (Å²) in [6, 6.07) is 10.3. The number of aryl methyl sites for hydroxylation is 2. The molecule has 1 amide bonds. The first kappa shape index (κ1) is 19.6. The van der Waals surface area contributed by atoms with E-state index in [-0.39, 0.29) is 41.5 Å². The summed E-state index contributed by atoms with van der Waals surface area (Å²) < 4.78 is 1.76. The number of carbonyl (C=O) groups excluding carboxylic acids is 1. The highest BCUT2D eigenvalue weighted by Gasteiger charge is 2.26. The van der Waals surface area contributed by atoms with Crippen molar-refractivity contribution in [3.63, 3.8) is 0 Å². The molecule has 0 saturated carbocycles. The van der Waals surface area contributed by atoms with E-state index < -0.39 is 0 Å². The number of rotatable bonds is 3. The normalized spacial score (nSPS) is 19.2. The SMILES string of the molecule is Cc1ccn(C2CCNCC2)c(=O)c1C(=O)NC1CCc2ccccc21.Cl. The molecule has 1 aromatic carbocycles. The molecular formula is C21H26ClN3O2. The first-order chi connectivity index (χ1) is 12.6. The van der Waals surface area contributed by atoms with Gasteiger partial charge in [-0.3, -0.25) is 9.59 Å². The molecule has 2 N–H and O–H groups in total. The van der Waals surface area contributed by atoms with Gasteiger partial charge in [0.15, 0.2) is 0 Å². The smallest absolute Gasteiger partial charge is 0.263 e. The van der Waals surface area contributed by atoms with Crippen LogP contribution >= 0.6 is 12.4 Å². The Bertz CT molecular complexity index is 887. The van der Waals surface area contributed by atoms with E-state index >= 15 is 0 Å². The van der Waals surface area contributed by atoms with Crippen LogP contribution in [0.15, 0.2) is 41.3 Å². The van der Waals surface area contributed by atoms with Gasteiger partial charge in [0, 0.05) is 12.2 Å². The number of piperidine rings is 1. The van der Waals surface area contributed by atoms with Crippen molar-refractivity contribution in [2.24, 2.45) is 0 Å². The van der Waals surface area contributed by atoms with Crippen LogP contribution in [0.2, 0.25) is 0 Å². The van der Waals surface area contributed by atoms with Crippen LogP contribution in [0.4, 0.5) is 0 Å². The molecule has 2 aliphatic rings. The van der Waals surface area contributed by atoms with Gasteiger partial charge in [-0.2, -0.15) is 0 Å². The van der Waals surface area contributed by atoms with Crippen molar-refractivity contribution in [3.05, 3.63) is 69.1 Å². The third kappa shape index (κ3) is 3.80. The van der Waals surface area contributed by atoms with Gasteiger partial charge in [-0.15, -0.1) is 12.4 Å². The van der Waals surface area contributed by atoms with Crippen molar-refractivity contribution in [2.45, 2.75) is 44.7 Å². The van der Waals surface area contributed by atoms with Crippen LogP contribution in [0.3, 0.4) is 0 Å². The molecule has 2 aromatic rings. The lowest BCUT2D eigenvalue weighted by molar-refractivity contribution is 0.0933. The minimum absolute atomic E-state index is 0. The molecule has 1 saturated heterocycles. The summed E-state index contributed by atoms with van der Waals surface area (Å²) in [5, 5.41) is 6.41. The fourth-order valence-corrected chi connectivity index (χ4v) is 4.23. The van der Waals surface area contributed by atoms with E-state index in [9.17, 15) is 9.59 Å². The molecule has 6 heteroatoms. The number of benzene rings is 1. The molecule has 144 valence electrons. The molecule has 1 unspecified atom stereocenters. The highest BCUT2D eigenvalue weighted by atomic mass is 35.5. The maximum atomic E-state index is 13.0. The summed E-state index contributed by atoms with van der Waals surface area (Å²) in [7, 11) is 0. The van der Waals surface area contributed by atoms with Gasteiger partial charge >= 0.3 is 0 Å².